The highest BCUT2D eigenvalue weighted by Gasteiger charge is 2.36. The Morgan fingerprint density at radius 3 is 3.00 bits per heavy atom. The summed E-state index contributed by atoms with van der Waals surface area (Å²) in [6, 6.07) is 7.49. The van der Waals surface area contributed by atoms with Crippen LogP contribution in [0.15, 0.2) is 42.2 Å². The minimum atomic E-state index is -0.251. The summed E-state index contributed by atoms with van der Waals surface area (Å²) >= 11 is 1.62. The van der Waals surface area contributed by atoms with E-state index >= 15 is 0 Å². The fourth-order valence-corrected chi connectivity index (χ4v) is 3.91. The van der Waals surface area contributed by atoms with Crippen molar-refractivity contribution in [3.8, 4) is 0 Å². The molecular formula is C16H16N4O2S. The third-order valence-electron chi connectivity index (χ3n) is 4.33. The van der Waals surface area contributed by atoms with Gasteiger partial charge in [-0.2, -0.15) is 0 Å². The van der Waals surface area contributed by atoms with Gasteiger partial charge >= 0.3 is 0 Å². The molecular weight excluding hydrogens is 312 g/mol. The zero-order chi connectivity index (χ0) is 15.8. The molecule has 0 bridgehead atoms. The summed E-state index contributed by atoms with van der Waals surface area (Å²) < 4.78 is 1.72. The van der Waals surface area contributed by atoms with Crippen LogP contribution >= 0.6 is 11.3 Å². The van der Waals surface area contributed by atoms with Gasteiger partial charge in [0.25, 0.3) is 5.91 Å². The van der Waals surface area contributed by atoms with Crippen LogP contribution < -0.4 is 5.32 Å². The first-order valence-corrected chi connectivity index (χ1v) is 8.41. The Morgan fingerprint density at radius 2 is 2.26 bits per heavy atom. The first kappa shape index (κ1) is 14.3. The number of amides is 1. The van der Waals surface area contributed by atoms with Crippen molar-refractivity contribution in [3.63, 3.8) is 0 Å². The molecule has 3 aromatic heterocycles. The van der Waals surface area contributed by atoms with Gasteiger partial charge in [-0.1, -0.05) is 6.07 Å². The number of aliphatic hydroxyl groups is 1. The van der Waals surface area contributed by atoms with Crippen molar-refractivity contribution in [2.75, 3.05) is 0 Å². The van der Waals surface area contributed by atoms with E-state index in [1.54, 1.807) is 34.2 Å². The molecule has 0 radical (unpaired) electrons. The summed E-state index contributed by atoms with van der Waals surface area (Å²) in [7, 11) is 0. The third-order valence-corrected chi connectivity index (χ3v) is 5.28. The standard InChI is InChI=1S/C16H16N4O2S/c21-11-7-10(8-11)14(13-4-2-6-23-13)18-16(22)12-3-1-5-20-9-17-19-15(12)20/h1-6,9-11,14,21H,7-8H2,(H,18,22)/t10?,11?,14-/m0/s1. The number of thiophene rings is 1. The molecule has 1 atom stereocenters. The molecule has 2 N–H and O–H groups in total. The highest BCUT2D eigenvalue weighted by molar-refractivity contribution is 7.10. The molecule has 6 nitrogen and oxygen atoms in total. The number of aliphatic hydroxyl groups excluding tert-OH is 1. The molecule has 7 heteroatoms. The molecule has 0 spiro atoms. The number of hydrogen-bond acceptors (Lipinski definition) is 5. The molecule has 118 valence electrons. The van der Waals surface area contributed by atoms with Crippen LogP contribution in [-0.4, -0.2) is 31.7 Å². The zero-order valence-electron chi connectivity index (χ0n) is 12.3. The Labute approximate surface area is 136 Å². The summed E-state index contributed by atoms with van der Waals surface area (Å²) in [4.78, 5) is 13.9. The van der Waals surface area contributed by atoms with E-state index < -0.39 is 0 Å². The normalized spacial score (nSPS) is 21.8. The summed E-state index contributed by atoms with van der Waals surface area (Å²) in [5, 5.41) is 22.6. The largest absolute Gasteiger partial charge is 0.393 e. The van der Waals surface area contributed by atoms with Gasteiger partial charge in [-0.25, -0.2) is 0 Å². The second-order valence-electron chi connectivity index (χ2n) is 5.84. The van der Waals surface area contributed by atoms with Gasteiger partial charge in [0.05, 0.1) is 17.7 Å². The Morgan fingerprint density at radius 1 is 1.39 bits per heavy atom. The van der Waals surface area contributed by atoms with Crippen molar-refractivity contribution in [3.05, 3.63) is 52.6 Å². The van der Waals surface area contributed by atoms with Gasteiger partial charge in [0.15, 0.2) is 5.65 Å². The second-order valence-corrected chi connectivity index (χ2v) is 6.81. The number of nitrogens with one attached hydrogen (secondary N) is 1. The number of carbonyl (C=O) groups excluding carboxylic acids is 1. The number of nitrogens with zero attached hydrogens (tertiary/aromatic N) is 3. The molecule has 0 aromatic carbocycles. The first-order chi connectivity index (χ1) is 11.2. The molecule has 0 saturated heterocycles. The predicted molar refractivity (Wildman–Crippen MR) is 86.2 cm³/mol. The van der Waals surface area contributed by atoms with E-state index in [4.69, 9.17) is 0 Å². The molecule has 1 saturated carbocycles. The highest BCUT2D eigenvalue weighted by Crippen LogP contribution is 2.39. The zero-order valence-corrected chi connectivity index (χ0v) is 13.1. The van der Waals surface area contributed by atoms with E-state index in [0.717, 1.165) is 17.7 Å². The van der Waals surface area contributed by atoms with Gasteiger partial charge in [-0.05, 0) is 42.3 Å². The van der Waals surface area contributed by atoms with E-state index in [1.165, 1.54) is 0 Å². The topological polar surface area (TPSA) is 79.5 Å². The summed E-state index contributed by atoms with van der Waals surface area (Å²) in [5.41, 5.74) is 1.05. The molecule has 0 aliphatic heterocycles. The average molecular weight is 328 g/mol. The van der Waals surface area contributed by atoms with Crippen LogP contribution in [0.2, 0.25) is 0 Å². The van der Waals surface area contributed by atoms with Crippen molar-refractivity contribution < 1.29 is 9.90 Å². The Hall–Kier alpha value is -2.25. The summed E-state index contributed by atoms with van der Waals surface area (Å²) in [6.45, 7) is 0. The molecule has 1 fully saturated rings. The molecule has 3 heterocycles. The van der Waals surface area contributed by atoms with Crippen molar-refractivity contribution in [2.45, 2.75) is 25.0 Å². The SMILES string of the molecule is O=C(N[C@H](c1cccs1)C1CC(O)C1)c1cccn2cnnc12. The van der Waals surface area contributed by atoms with Gasteiger partial charge in [-0.15, -0.1) is 21.5 Å². The van der Waals surface area contributed by atoms with Crippen LogP contribution in [0.4, 0.5) is 0 Å². The van der Waals surface area contributed by atoms with Gasteiger partial charge in [0.1, 0.15) is 6.33 Å². The predicted octanol–water partition coefficient (Wildman–Crippen LogP) is 2.03. The van der Waals surface area contributed by atoms with Crippen LogP contribution in [0.5, 0.6) is 0 Å². The minimum Gasteiger partial charge on any atom is -0.393 e. The Balaban J connectivity index is 1.61. The lowest BCUT2D eigenvalue weighted by molar-refractivity contribution is 0.0241. The van der Waals surface area contributed by atoms with Gasteiger partial charge in [0, 0.05) is 11.1 Å². The molecule has 1 aliphatic carbocycles. The van der Waals surface area contributed by atoms with Crippen molar-refractivity contribution in [1.29, 1.82) is 0 Å². The summed E-state index contributed by atoms with van der Waals surface area (Å²) in [5.74, 6) is 0.105. The highest BCUT2D eigenvalue weighted by atomic mass is 32.1. The molecule has 1 aliphatic rings. The van der Waals surface area contributed by atoms with Crippen LogP contribution in [0.1, 0.15) is 34.1 Å². The maximum atomic E-state index is 12.7. The van der Waals surface area contributed by atoms with Crippen molar-refractivity contribution in [1.82, 2.24) is 19.9 Å². The molecule has 23 heavy (non-hydrogen) atoms. The lowest BCUT2D eigenvalue weighted by Crippen LogP contribution is -2.41. The monoisotopic (exact) mass is 328 g/mol. The Bertz CT molecular complexity index is 824. The third kappa shape index (κ3) is 2.62. The number of hydrogen-bond donors (Lipinski definition) is 2. The quantitative estimate of drug-likeness (QED) is 0.768. The van der Waals surface area contributed by atoms with Crippen LogP contribution in [-0.2, 0) is 0 Å². The number of rotatable bonds is 4. The number of aromatic nitrogens is 3. The maximum Gasteiger partial charge on any atom is 0.255 e. The maximum absolute atomic E-state index is 12.7. The smallest absolute Gasteiger partial charge is 0.255 e. The van der Waals surface area contributed by atoms with E-state index in [2.05, 4.69) is 15.5 Å². The minimum absolute atomic E-state index is 0.0749. The Kier molecular flexibility index (Phi) is 3.59. The van der Waals surface area contributed by atoms with Gasteiger partial charge in [-0.3, -0.25) is 9.20 Å². The molecule has 0 unspecified atom stereocenters. The number of carbonyl (C=O) groups is 1. The van der Waals surface area contributed by atoms with E-state index in [1.807, 2.05) is 23.7 Å². The van der Waals surface area contributed by atoms with E-state index in [0.29, 0.717) is 11.2 Å². The van der Waals surface area contributed by atoms with Crippen LogP contribution in [0.25, 0.3) is 5.65 Å². The van der Waals surface area contributed by atoms with E-state index in [-0.39, 0.29) is 24.0 Å². The fourth-order valence-electron chi connectivity index (χ4n) is 3.04. The van der Waals surface area contributed by atoms with Crippen molar-refractivity contribution in [2.24, 2.45) is 5.92 Å². The number of fused-ring (bicyclic) bond motifs is 1. The van der Waals surface area contributed by atoms with Crippen LogP contribution in [0, 0.1) is 5.92 Å². The first-order valence-electron chi connectivity index (χ1n) is 7.53. The lowest BCUT2D eigenvalue weighted by atomic mass is 9.76. The number of pyridine rings is 1. The lowest BCUT2D eigenvalue weighted by Gasteiger charge is -2.37. The molecule has 1 amide bonds. The van der Waals surface area contributed by atoms with E-state index in [9.17, 15) is 9.90 Å². The van der Waals surface area contributed by atoms with Gasteiger partial charge in [0.2, 0.25) is 0 Å². The van der Waals surface area contributed by atoms with Crippen LogP contribution in [0.3, 0.4) is 0 Å². The summed E-state index contributed by atoms with van der Waals surface area (Å²) in [6.07, 6.45) is 4.58. The van der Waals surface area contributed by atoms with Gasteiger partial charge < -0.3 is 10.4 Å². The fraction of sp³-hybridized carbons (Fsp3) is 0.312. The molecule has 3 aromatic rings. The van der Waals surface area contributed by atoms with Crippen molar-refractivity contribution >= 4 is 22.9 Å². The molecule has 4 rings (SSSR count). The second kappa shape index (κ2) is 5.75. The average Bonchev–Trinajstić information content (AvgIpc) is 3.19.